The van der Waals surface area contributed by atoms with Crippen molar-refractivity contribution in [3.05, 3.63) is 12.2 Å². The monoisotopic (exact) mass is 141 g/mol. The fourth-order valence-electron chi connectivity index (χ4n) is 0.715. The van der Waals surface area contributed by atoms with Gasteiger partial charge < -0.3 is 4.90 Å². The summed E-state index contributed by atoms with van der Waals surface area (Å²) in [6.45, 7) is 4.74. The van der Waals surface area contributed by atoms with Gasteiger partial charge >= 0.3 is 0 Å². The number of rotatable bonds is 3. The van der Waals surface area contributed by atoms with Crippen molar-refractivity contribution in [3.63, 3.8) is 0 Å². The van der Waals surface area contributed by atoms with E-state index < -0.39 is 0 Å². The third-order valence-corrected chi connectivity index (χ3v) is 1.24. The lowest BCUT2D eigenvalue weighted by Gasteiger charge is -2.12. The number of amides is 1. The molecule has 0 aliphatic carbocycles. The van der Waals surface area contributed by atoms with E-state index in [1.165, 1.54) is 0 Å². The molecule has 0 saturated carbocycles. The number of hydrogen-bond acceptors (Lipinski definition) is 1. The molecule has 2 nitrogen and oxygen atoms in total. The lowest BCUT2D eigenvalue weighted by molar-refractivity contribution is -0.124. The Hall–Kier alpha value is -0.790. The summed E-state index contributed by atoms with van der Waals surface area (Å²) < 4.78 is 0. The second-order valence-electron chi connectivity index (χ2n) is 2.26. The van der Waals surface area contributed by atoms with Gasteiger partial charge in [0.25, 0.3) is 0 Å². The molecule has 0 unspecified atom stereocenters. The van der Waals surface area contributed by atoms with Crippen LogP contribution in [0, 0.1) is 0 Å². The number of nitrogens with zero attached hydrogens (tertiary/aromatic N) is 1. The molecule has 0 spiro atoms. The Morgan fingerprint density at radius 1 is 1.60 bits per heavy atom. The molecule has 0 aromatic carbocycles. The summed E-state index contributed by atoms with van der Waals surface area (Å²) in [6, 6.07) is 0. The molecule has 2 heteroatoms. The maximum atomic E-state index is 11.0. The second-order valence-corrected chi connectivity index (χ2v) is 2.26. The van der Waals surface area contributed by atoms with Crippen molar-refractivity contribution in [2.24, 2.45) is 0 Å². The lowest BCUT2D eigenvalue weighted by atomic mass is 10.4. The smallest absolute Gasteiger partial charge is 0.245 e. The number of hydrogen-bond donors (Lipinski definition) is 0. The highest BCUT2D eigenvalue weighted by atomic mass is 16.2. The molecule has 0 saturated heterocycles. The van der Waals surface area contributed by atoms with Crippen LogP contribution in [0.3, 0.4) is 0 Å². The second kappa shape index (κ2) is 5.03. The van der Waals surface area contributed by atoms with Gasteiger partial charge in [-0.05, 0) is 19.4 Å². The van der Waals surface area contributed by atoms with E-state index in [2.05, 4.69) is 6.92 Å². The van der Waals surface area contributed by atoms with E-state index >= 15 is 0 Å². The van der Waals surface area contributed by atoms with E-state index in [1.807, 2.05) is 14.0 Å². The highest BCUT2D eigenvalue weighted by Crippen LogP contribution is 1.88. The van der Waals surface area contributed by atoms with Crippen LogP contribution in [0.5, 0.6) is 0 Å². The standard InChI is InChI=1S/C8H15NO/c1-4-6-8(10)9(3)7-5-2/h4,6H,5,7H2,1-3H3. The quantitative estimate of drug-likeness (QED) is 0.544. The molecule has 0 heterocycles. The van der Waals surface area contributed by atoms with Crippen LogP contribution in [0.25, 0.3) is 0 Å². The zero-order chi connectivity index (χ0) is 7.98. The zero-order valence-corrected chi connectivity index (χ0v) is 6.92. The first-order valence-electron chi connectivity index (χ1n) is 3.60. The minimum atomic E-state index is 0.0874. The molecule has 0 aliphatic rings. The van der Waals surface area contributed by atoms with Crippen LogP contribution < -0.4 is 0 Å². The van der Waals surface area contributed by atoms with Gasteiger partial charge in [-0.1, -0.05) is 13.0 Å². The molecule has 0 fully saturated rings. The van der Waals surface area contributed by atoms with Crippen molar-refractivity contribution in [1.82, 2.24) is 4.90 Å². The molecule has 1 amide bonds. The molecule has 10 heavy (non-hydrogen) atoms. The number of carbonyl (C=O) groups excluding carboxylic acids is 1. The highest BCUT2D eigenvalue weighted by Gasteiger charge is 2.00. The molecule has 0 atom stereocenters. The van der Waals surface area contributed by atoms with Gasteiger partial charge in [-0.25, -0.2) is 0 Å². The average Bonchev–Trinajstić information content (AvgIpc) is 1.89. The Balaban J connectivity index is 3.70. The average molecular weight is 141 g/mol. The van der Waals surface area contributed by atoms with Crippen molar-refractivity contribution < 1.29 is 4.79 Å². The van der Waals surface area contributed by atoms with E-state index in [1.54, 1.807) is 17.1 Å². The van der Waals surface area contributed by atoms with E-state index in [0.29, 0.717) is 0 Å². The molecule has 0 radical (unpaired) electrons. The Labute approximate surface area is 62.5 Å². The maximum Gasteiger partial charge on any atom is 0.245 e. The van der Waals surface area contributed by atoms with Gasteiger partial charge in [-0.2, -0.15) is 0 Å². The summed E-state index contributed by atoms with van der Waals surface area (Å²) in [5.41, 5.74) is 0. The molecule has 0 aromatic rings. The molecule has 0 aliphatic heterocycles. The SMILES string of the molecule is CC=CC(=O)N(C)CCC. The van der Waals surface area contributed by atoms with Gasteiger partial charge in [0.1, 0.15) is 0 Å². The first kappa shape index (κ1) is 9.21. The van der Waals surface area contributed by atoms with E-state index in [-0.39, 0.29) is 5.91 Å². The van der Waals surface area contributed by atoms with Gasteiger partial charge in [-0.3, -0.25) is 4.79 Å². The van der Waals surface area contributed by atoms with Gasteiger partial charge in [-0.15, -0.1) is 0 Å². The summed E-state index contributed by atoms with van der Waals surface area (Å²) in [5.74, 6) is 0.0874. The topological polar surface area (TPSA) is 20.3 Å². The van der Waals surface area contributed by atoms with Crippen LogP contribution in [-0.4, -0.2) is 24.4 Å². The highest BCUT2D eigenvalue weighted by molar-refractivity contribution is 5.87. The van der Waals surface area contributed by atoms with E-state index in [4.69, 9.17) is 0 Å². The predicted octanol–water partition coefficient (Wildman–Crippen LogP) is 1.43. The van der Waals surface area contributed by atoms with Gasteiger partial charge in [0.2, 0.25) is 5.91 Å². The van der Waals surface area contributed by atoms with Crippen LogP contribution in [0.4, 0.5) is 0 Å². The first-order chi connectivity index (χ1) is 4.72. The Morgan fingerprint density at radius 3 is 2.60 bits per heavy atom. The Morgan fingerprint density at radius 2 is 2.20 bits per heavy atom. The van der Waals surface area contributed by atoms with Crippen molar-refractivity contribution >= 4 is 5.91 Å². The summed E-state index contributed by atoms with van der Waals surface area (Å²) in [4.78, 5) is 12.7. The molecular weight excluding hydrogens is 126 g/mol. The molecule has 0 rings (SSSR count). The van der Waals surface area contributed by atoms with E-state index in [0.717, 1.165) is 13.0 Å². The maximum absolute atomic E-state index is 11.0. The number of carbonyl (C=O) groups is 1. The zero-order valence-electron chi connectivity index (χ0n) is 6.92. The molecule has 0 N–H and O–H groups in total. The lowest BCUT2D eigenvalue weighted by Crippen LogP contribution is -2.25. The molecule has 0 aromatic heterocycles. The summed E-state index contributed by atoms with van der Waals surface area (Å²) in [5, 5.41) is 0. The van der Waals surface area contributed by atoms with Crippen LogP contribution in [0.1, 0.15) is 20.3 Å². The van der Waals surface area contributed by atoms with Gasteiger partial charge in [0.05, 0.1) is 0 Å². The molecule has 0 bridgehead atoms. The molecule has 58 valence electrons. The van der Waals surface area contributed by atoms with Crippen LogP contribution in [0.15, 0.2) is 12.2 Å². The Kier molecular flexibility index (Phi) is 4.63. The number of allylic oxidation sites excluding steroid dienone is 1. The van der Waals surface area contributed by atoms with Gasteiger partial charge in [0, 0.05) is 13.6 Å². The van der Waals surface area contributed by atoms with Gasteiger partial charge in [0.15, 0.2) is 0 Å². The third-order valence-electron chi connectivity index (χ3n) is 1.24. The predicted molar refractivity (Wildman–Crippen MR) is 42.7 cm³/mol. The first-order valence-corrected chi connectivity index (χ1v) is 3.60. The fourth-order valence-corrected chi connectivity index (χ4v) is 0.715. The molecular formula is C8H15NO. The largest absolute Gasteiger partial charge is 0.342 e. The van der Waals surface area contributed by atoms with Crippen molar-refractivity contribution in [3.8, 4) is 0 Å². The summed E-state index contributed by atoms with van der Waals surface area (Å²) >= 11 is 0. The fraction of sp³-hybridized carbons (Fsp3) is 0.625. The number of likely N-dealkylation sites (N-methyl/N-ethyl adjacent to an activating group) is 1. The third kappa shape index (κ3) is 3.28. The summed E-state index contributed by atoms with van der Waals surface area (Å²) in [7, 11) is 1.81. The van der Waals surface area contributed by atoms with Crippen molar-refractivity contribution in [2.45, 2.75) is 20.3 Å². The van der Waals surface area contributed by atoms with Crippen molar-refractivity contribution in [2.75, 3.05) is 13.6 Å². The minimum Gasteiger partial charge on any atom is -0.342 e. The summed E-state index contributed by atoms with van der Waals surface area (Å²) in [6.07, 6.45) is 4.35. The van der Waals surface area contributed by atoms with Crippen LogP contribution in [-0.2, 0) is 4.79 Å². The van der Waals surface area contributed by atoms with E-state index in [9.17, 15) is 4.79 Å². The van der Waals surface area contributed by atoms with Crippen molar-refractivity contribution in [1.29, 1.82) is 0 Å². The Bertz CT molecular complexity index is 129. The van der Waals surface area contributed by atoms with Crippen LogP contribution in [0.2, 0.25) is 0 Å². The normalized spacial score (nSPS) is 10.3. The minimum absolute atomic E-state index is 0.0874. The van der Waals surface area contributed by atoms with Crippen LogP contribution >= 0.6 is 0 Å².